The number of amides is 1. The summed E-state index contributed by atoms with van der Waals surface area (Å²) in [5, 5.41) is 17.8. The molecule has 1 aliphatic rings. The molecule has 0 saturated carbocycles. The van der Waals surface area contributed by atoms with Gasteiger partial charge in [-0.2, -0.15) is 0 Å². The number of carbonyl (C=O) groups is 2. The summed E-state index contributed by atoms with van der Waals surface area (Å²) < 4.78 is 5.25. The minimum Gasteiger partial charge on any atom is -0.478 e. The SMILES string of the molecule is O=C(O)c1ccc(C(=O)N2CCOC(CO)C2)nc1. The van der Waals surface area contributed by atoms with Crippen LogP contribution in [0.5, 0.6) is 0 Å². The molecule has 0 aliphatic carbocycles. The average molecular weight is 266 g/mol. The number of hydrogen-bond acceptors (Lipinski definition) is 5. The van der Waals surface area contributed by atoms with Gasteiger partial charge in [0.1, 0.15) is 5.69 Å². The zero-order chi connectivity index (χ0) is 13.8. The molecule has 0 bridgehead atoms. The van der Waals surface area contributed by atoms with Gasteiger partial charge in [0, 0.05) is 19.3 Å². The molecule has 19 heavy (non-hydrogen) atoms. The first-order chi connectivity index (χ1) is 9.11. The summed E-state index contributed by atoms with van der Waals surface area (Å²) in [7, 11) is 0. The molecule has 2 rings (SSSR count). The van der Waals surface area contributed by atoms with E-state index in [9.17, 15) is 9.59 Å². The van der Waals surface area contributed by atoms with Gasteiger partial charge in [-0.3, -0.25) is 9.78 Å². The number of carboxylic acid groups (broad SMARTS) is 1. The normalized spacial score (nSPS) is 19.2. The molecule has 1 aromatic rings. The van der Waals surface area contributed by atoms with Gasteiger partial charge in [-0.15, -0.1) is 0 Å². The molecule has 0 aromatic carbocycles. The van der Waals surface area contributed by atoms with E-state index in [1.165, 1.54) is 17.0 Å². The van der Waals surface area contributed by atoms with Crippen LogP contribution in [0.1, 0.15) is 20.8 Å². The highest BCUT2D eigenvalue weighted by molar-refractivity contribution is 5.93. The van der Waals surface area contributed by atoms with E-state index in [0.717, 1.165) is 6.20 Å². The van der Waals surface area contributed by atoms with Crippen molar-refractivity contribution in [3.8, 4) is 0 Å². The van der Waals surface area contributed by atoms with Crippen molar-refractivity contribution in [3.05, 3.63) is 29.6 Å². The Kier molecular flexibility index (Phi) is 4.08. The van der Waals surface area contributed by atoms with Crippen LogP contribution in [0.15, 0.2) is 18.3 Å². The van der Waals surface area contributed by atoms with E-state index in [0.29, 0.717) is 19.7 Å². The van der Waals surface area contributed by atoms with Crippen LogP contribution in [0, 0.1) is 0 Å². The molecule has 2 heterocycles. The number of aliphatic hydroxyl groups is 1. The molecule has 0 spiro atoms. The predicted octanol–water partition coefficient (Wildman–Crippen LogP) is -0.387. The van der Waals surface area contributed by atoms with E-state index in [-0.39, 0.29) is 29.9 Å². The monoisotopic (exact) mass is 266 g/mol. The number of pyridine rings is 1. The van der Waals surface area contributed by atoms with Gasteiger partial charge in [0.15, 0.2) is 0 Å². The summed E-state index contributed by atoms with van der Waals surface area (Å²) in [5.41, 5.74) is 0.218. The largest absolute Gasteiger partial charge is 0.478 e. The third kappa shape index (κ3) is 3.07. The van der Waals surface area contributed by atoms with Crippen molar-refractivity contribution in [2.45, 2.75) is 6.10 Å². The molecule has 1 amide bonds. The number of nitrogens with zero attached hydrogens (tertiary/aromatic N) is 2. The fraction of sp³-hybridized carbons (Fsp3) is 0.417. The van der Waals surface area contributed by atoms with E-state index in [1.807, 2.05) is 0 Å². The van der Waals surface area contributed by atoms with Crippen LogP contribution >= 0.6 is 0 Å². The highest BCUT2D eigenvalue weighted by Gasteiger charge is 2.25. The molecule has 1 unspecified atom stereocenters. The van der Waals surface area contributed by atoms with Gasteiger partial charge < -0.3 is 19.8 Å². The lowest BCUT2D eigenvalue weighted by molar-refractivity contribution is -0.0448. The number of aromatic nitrogens is 1. The summed E-state index contributed by atoms with van der Waals surface area (Å²) in [5.74, 6) is -1.38. The van der Waals surface area contributed by atoms with Crippen molar-refractivity contribution in [2.24, 2.45) is 0 Å². The molecule has 1 aliphatic heterocycles. The number of hydrogen-bond donors (Lipinski definition) is 2. The number of carboxylic acids is 1. The number of carbonyl (C=O) groups excluding carboxylic acids is 1. The van der Waals surface area contributed by atoms with Crippen LogP contribution in [-0.4, -0.2) is 64.4 Å². The van der Waals surface area contributed by atoms with Crippen molar-refractivity contribution in [2.75, 3.05) is 26.3 Å². The molecule has 7 heteroatoms. The van der Waals surface area contributed by atoms with Gasteiger partial charge in [0.25, 0.3) is 5.91 Å². The van der Waals surface area contributed by atoms with Crippen LogP contribution in [0.4, 0.5) is 0 Å². The van der Waals surface area contributed by atoms with E-state index in [2.05, 4.69) is 4.98 Å². The van der Waals surface area contributed by atoms with E-state index in [4.69, 9.17) is 14.9 Å². The highest BCUT2D eigenvalue weighted by Crippen LogP contribution is 2.09. The fourth-order valence-corrected chi connectivity index (χ4v) is 1.82. The van der Waals surface area contributed by atoms with Crippen LogP contribution in [-0.2, 0) is 4.74 Å². The van der Waals surface area contributed by atoms with Gasteiger partial charge in [-0.05, 0) is 12.1 Å². The minimum atomic E-state index is -1.08. The lowest BCUT2D eigenvalue weighted by atomic mass is 10.2. The molecule has 1 saturated heterocycles. The Hall–Kier alpha value is -1.99. The third-order valence-electron chi connectivity index (χ3n) is 2.86. The second kappa shape index (κ2) is 5.77. The van der Waals surface area contributed by atoms with E-state index >= 15 is 0 Å². The van der Waals surface area contributed by atoms with Crippen molar-refractivity contribution in [3.63, 3.8) is 0 Å². The Morgan fingerprint density at radius 2 is 2.26 bits per heavy atom. The molecule has 7 nitrogen and oxygen atoms in total. The second-order valence-electron chi connectivity index (χ2n) is 4.16. The summed E-state index contributed by atoms with van der Waals surface area (Å²) in [6, 6.07) is 2.72. The van der Waals surface area contributed by atoms with Gasteiger partial charge in [-0.25, -0.2) is 4.79 Å². The zero-order valence-corrected chi connectivity index (χ0v) is 10.2. The zero-order valence-electron chi connectivity index (χ0n) is 10.2. The van der Waals surface area contributed by atoms with Crippen molar-refractivity contribution >= 4 is 11.9 Å². The second-order valence-corrected chi connectivity index (χ2v) is 4.16. The maximum absolute atomic E-state index is 12.1. The van der Waals surface area contributed by atoms with Crippen molar-refractivity contribution < 1.29 is 24.5 Å². The van der Waals surface area contributed by atoms with Gasteiger partial charge in [0.2, 0.25) is 0 Å². The summed E-state index contributed by atoms with van der Waals surface area (Å²) in [4.78, 5) is 28.2. The first-order valence-electron chi connectivity index (χ1n) is 5.83. The summed E-state index contributed by atoms with van der Waals surface area (Å²) in [6.45, 7) is 0.953. The van der Waals surface area contributed by atoms with Crippen LogP contribution in [0.25, 0.3) is 0 Å². The lowest BCUT2D eigenvalue weighted by Crippen LogP contribution is -2.47. The highest BCUT2D eigenvalue weighted by atomic mass is 16.5. The predicted molar refractivity (Wildman–Crippen MR) is 63.9 cm³/mol. The lowest BCUT2D eigenvalue weighted by Gasteiger charge is -2.31. The van der Waals surface area contributed by atoms with Crippen molar-refractivity contribution in [1.29, 1.82) is 0 Å². The molecule has 0 radical (unpaired) electrons. The molecule has 1 fully saturated rings. The van der Waals surface area contributed by atoms with Gasteiger partial charge >= 0.3 is 5.97 Å². The van der Waals surface area contributed by atoms with Gasteiger partial charge in [0.05, 0.1) is 24.9 Å². The fourth-order valence-electron chi connectivity index (χ4n) is 1.82. The molecule has 1 aromatic heterocycles. The Balaban J connectivity index is 2.08. The quantitative estimate of drug-likeness (QED) is 0.773. The van der Waals surface area contributed by atoms with Crippen LogP contribution in [0.3, 0.4) is 0 Å². The standard InChI is InChI=1S/C12H14N2O5/c15-7-9-6-14(3-4-19-9)11(16)10-2-1-8(5-13-10)12(17)18/h1-2,5,9,15H,3-4,6-7H2,(H,17,18). The summed E-state index contributed by atoms with van der Waals surface area (Å²) in [6.07, 6.45) is 0.774. The first kappa shape index (κ1) is 13.4. The van der Waals surface area contributed by atoms with E-state index < -0.39 is 5.97 Å². The first-order valence-corrected chi connectivity index (χ1v) is 5.83. The molecule has 102 valence electrons. The van der Waals surface area contributed by atoms with Crippen LogP contribution < -0.4 is 0 Å². The topological polar surface area (TPSA) is 100.0 Å². The molecular weight excluding hydrogens is 252 g/mol. The molecule has 2 N–H and O–H groups in total. The molecule has 1 atom stereocenters. The number of aliphatic hydroxyl groups excluding tert-OH is 1. The minimum absolute atomic E-state index is 0.0340. The van der Waals surface area contributed by atoms with Crippen molar-refractivity contribution in [1.82, 2.24) is 9.88 Å². The Morgan fingerprint density at radius 1 is 1.47 bits per heavy atom. The van der Waals surface area contributed by atoms with Gasteiger partial charge in [-0.1, -0.05) is 0 Å². The average Bonchev–Trinajstić information content (AvgIpc) is 2.46. The van der Waals surface area contributed by atoms with E-state index in [1.54, 1.807) is 0 Å². The number of rotatable bonds is 3. The number of morpholine rings is 1. The smallest absolute Gasteiger partial charge is 0.337 e. The maximum atomic E-state index is 12.1. The molecular formula is C12H14N2O5. The number of aromatic carboxylic acids is 1. The number of ether oxygens (including phenoxy) is 1. The Labute approximate surface area is 109 Å². The Bertz CT molecular complexity index is 474. The Morgan fingerprint density at radius 3 is 2.84 bits per heavy atom. The third-order valence-corrected chi connectivity index (χ3v) is 2.86. The van der Waals surface area contributed by atoms with Crippen LogP contribution in [0.2, 0.25) is 0 Å². The maximum Gasteiger partial charge on any atom is 0.337 e. The summed E-state index contributed by atoms with van der Waals surface area (Å²) >= 11 is 0.